The predicted molar refractivity (Wildman–Crippen MR) is 98.0 cm³/mol. The molecule has 130 valence electrons. The summed E-state index contributed by atoms with van der Waals surface area (Å²) < 4.78 is 0. The molecule has 2 rings (SSSR count). The van der Waals surface area contributed by atoms with Crippen LogP contribution in [0.5, 0.6) is 0 Å². The van der Waals surface area contributed by atoms with E-state index in [-0.39, 0.29) is 24.1 Å². The Hall–Kier alpha value is -3.15. The van der Waals surface area contributed by atoms with Crippen molar-refractivity contribution in [2.45, 2.75) is 6.92 Å². The van der Waals surface area contributed by atoms with Crippen molar-refractivity contribution < 1.29 is 14.4 Å². The summed E-state index contributed by atoms with van der Waals surface area (Å²) in [6.45, 7) is 1.52. The molecule has 2 amide bonds. The van der Waals surface area contributed by atoms with E-state index in [2.05, 4.69) is 10.6 Å². The minimum Gasteiger partial charge on any atom is -0.376 e. The molecule has 0 fully saturated rings. The summed E-state index contributed by atoms with van der Waals surface area (Å²) in [6, 6.07) is 13.7. The third-order valence-electron chi connectivity index (χ3n) is 3.52. The lowest BCUT2D eigenvalue weighted by Gasteiger charge is -2.12. The Bertz CT molecular complexity index is 800. The van der Waals surface area contributed by atoms with E-state index in [9.17, 15) is 14.4 Å². The summed E-state index contributed by atoms with van der Waals surface area (Å²) in [4.78, 5) is 36.9. The number of hydrogen-bond donors (Lipinski definition) is 2. The summed E-state index contributed by atoms with van der Waals surface area (Å²) in [5.74, 6) is -0.407. The number of hydrogen-bond acceptors (Lipinski definition) is 4. The minimum atomic E-state index is -0.245. The zero-order valence-electron chi connectivity index (χ0n) is 14.5. The van der Waals surface area contributed by atoms with E-state index >= 15 is 0 Å². The van der Waals surface area contributed by atoms with Gasteiger partial charge in [0.05, 0.1) is 6.54 Å². The number of carbonyl (C=O) groups is 3. The Morgan fingerprint density at radius 1 is 0.920 bits per heavy atom. The van der Waals surface area contributed by atoms with Gasteiger partial charge in [-0.3, -0.25) is 14.4 Å². The van der Waals surface area contributed by atoms with Gasteiger partial charge in [0.15, 0.2) is 5.78 Å². The van der Waals surface area contributed by atoms with E-state index < -0.39 is 0 Å². The first-order valence-corrected chi connectivity index (χ1v) is 7.83. The zero-order valence-corrected chi connectivity index (χ0v) is 14.5. The molecule has 0 saturated carbocycles. The van der Waals surface area contributed by atoms with Crippen molar-refractivity contribution in [3.63, 3.8) is 0 Å². The largest absolute Gasteiger partial charge is 0.376 e. The summed E-state index contributed by atoms with van der Waals surface area (Å²) in [5, 5.41) is 5.72. The van der Waals surface area contributed by atoms with Crippen LogP contribution in [0.2, 0.25) is 0 Å². The molecule has 0 unspecified atom stereocenters. The number of amides is 2. The fraction of sp³-hybridized carbons (Fsp3) is 0.211. The number of benzene rings is 2. The van der Waals surface area contributed by atoms with Crippen molar-refractivity contribution in [1.82, 2.24) is 4.90 Å². The lowest BCUT2D eigenvalue weighted by Crippen LogP contribution is -2.23. The maximum Gasteiger partial charge on any atom is 0.253 e. The van der Waals surface area contributed by atoms with Gasteiger partial charge in [-0.05, 0) is 37.3 Å². The molecule has 6 heteroatoms. The molecule has 0 atom stereocenters. The first kappa shape index (κ1) is 18.2. The highest BCUT2D eigenvalue weighted by Gasteiger charge is 2.09. The second kappa shape index (κ2) is 8.10. The Morgan fingerprint density at radius 3 is 2.16 bits per heavy atom. The third kappa shape index (κ3) is 5.17. The lowest BCUT2D eigenvalue weighted by molar-refractivity contribution is -0.114. The standard InChI is InChI=1S/C19H21N3O3/c1-13(23)14-6-4-9-17(10-14)21-18(24)12-20-16-8-5-7-15(11-16)19(25)22(2)3/h4-11,20H,12H2,1-3H3,(H,21,24). The molecule has 0 spiro atoms. The second-order valence-electron chi connectivity index (χ2n) is 5.82. The van der Waals surface area contributed by atoms with Crippen LogP contribution in [0.4, 0.5) is 11.4 Å². The molecular weight excluding hydrogens is 318 g/mol. The zero-order chi connectivity index (χ0) is 18.4. The molecule has 0 aliphatic heterocycles. The van der Waals surface area contributed by atoms with Crippen LogP contribution in [0.25, 0.3) is 0 Å². The molecule has 0 saturated heterocycles. The number of ketones is 1. The van der Waals surface area contributed by atoms with Gasteiger partial charge in [-0.25, -0.2) is 0 Å². The first-order valence-electron chi connectivity index (χ1n) is 7.83. The van der Waals surface area contributed by atoms with Crippen molar-refractivity contribution in [2.24, 2.45) is 0 Å². The highest BCUT2D eigenvalue weighted by atomic mass is 16.2. The van der Waals surface area contributed by atoms with E-state index in [1.54, 1.807) is 62.6 Å². The topological polar surface area (TPSA) is 78.5 Å². The Balaban J connectivity index is 1.96. The number of nitrogens with one attached hydrogen (secondary N) is 2. The predicted octanol–water partition coefficient (Wildman–Crippen LogP) is 2.64. The lowest BCUT2D eigenvalue weighted by atomic mass is 10.1. The molecule has 0 aliphatic carbocycles. The first-order chi connectivity index (χ1) is 11.9. The molecule has 0 aliphatic rings. The fourth-order valence-electron chi connectivity index (χ4n) is 2.22. The van der Waals surface area contributed by atoms with Gasteiger partial charge in [0.1, 0.15) is 0 Å². The van der Waals surface area contributed by atoms with Gasteiger partial charge in [-0.2, -0.15) is 0 Å². The van der Waals surface area contributed by atoms with Gasteiger partial charge in [0.25, 0.3) is 5.91 Å². The number of nitrogens with zero attached hydrogens (tertiary/aromatic N) is 1. The molecule has 25 heavy (non-hydrogen) atoms. The van der Waals surface area contributed by atoms with Gasteiger partial charge >= 0.3 is 0 Å². The molecule has 0 radical (unpaired) electrons. The second-order valence-corrected chi connectivity index (χ2v) is 5.82. The van der Waals surface area contributed by atoms with Crippen LogP contribution in [0.1, 0.15) is 27.6 Å². The summed E-state index contributed by atoms with van der Waals surface area (Å²) in [5.41, 5.74) is 2.33. The van der Waals surface area contributed by atoms with E-state index in [0.29, 0.717) is 22.5 Å². The van der Waals surface area contributed by atoms with E-state index in [0.717, 1.165) is 0 Å². The SMILES string of the molecule is CC(=O)c1cccc(NC(=O)CNc2cccc(C(=O)N(C)C)c2)c1. The summed E-state index contributed by atoms with van der Waals surface area (Å²) >= 11 is 0. The van der Waals surface area contributed by atoms with Gasteiger partial charge < -0.3 is 15.5 Å². The average molecular weight is 339 g/mol. The molecule has 2 aromatic rings. The average Bonchev–Trinajstić information content (AvgIpc) is 2.59. The molecule has 2 aromatic carbocycles. The number of Topliss-reactive ketones (excluding diaryl/α,β-unsaturated/α-hetero) is 1. The van der Waals surface area contributed by atoms with Crippen molar-refractivity contribution in [3.05, 3.63) is 59.7 Å². The number of anilines is 2. The molecule has 6 nitrogen and oxygen atoms in total. The van der Waals surface area contributed by atoms with Gasteiger partial charge in [0, 0.05) is 36.6 Å². The Morgan fingerprint density at radius 2 is 1.52 bits per heavy atom. The Labute approximate surface area is 146 Å². The molecule has 0 heterocycles. The van der Waals surface area contributed by atoms with Crippen LogP contribution in [0.15, 0.2) is 48.5 Å². The molecule has 2 N–H and O–H groups in total. The van der Waals surface area contributed by atoms with Crippen molar-refractivity contribution >= 4 is 29.0 Å². The highest BCUT2D eigenvalue weighted by molar-refractivity contribution is 5.98. The van der Waals surface area contributed by atoms with Gasteiger partial charge in [-0.1, -0.05) is 18.2 Å². The quantitative estimate of drug-likeness (QED) is 0.793. The van der Waals surface area contributed by atoms with Crippen molar-refractivity contribution in [2.75, 3.05) is 31.3 Å². The minimum absolute atomic E-state index is 0.0455. The normalized spacial score (nSPS) is 10.0. The van der Waals surface area contributed by atoms with E-state index in [1.165, 1.54) is 11.8 Å². The maximum absolute atomic E-state index is 12.1. The number of rotatable bonds is 6. The molecule has 0 bridgehead atoms. The molecule has 0 aromatic heterocycles. The van der Waals surface area contributed by atoms with Crippen LogP contribution in [-0.4, -0.2) is 43.1 Å². The van der Waals surface area contributed by atoms with E-state index in [1.807, 2.05) is 0 Å². The van der Waals surface area contributed by atoms with Crippen LogP contribution in [0, 0.1) is 0 Å². The summed E-state index contributed by atoms with van der Waals surface area (Å²) in [6.07, 6.45) is 0. The third-order valence-corrected chi connectivity index (χ3v) is 3.52. The van der Waals surface area contributed by atoms with E-state index in [4.69, 9.17) is 0 Å². The van der Waals surface area contributed by atoms with Crippen molar-refractivity contribution in [1.29, 1.82) is 0 Å². The van der Waals surface area contributed by atoms with Crippen LogP contribution in [-0.2, 0) is 4.79 Å². The van der Waals surface area contributed by atoms with Crippen LogP contribution in [0.3, 0.4) is 0 Å². The van der Waals surface area contributed by atoms with Gasteiger partial charge in [-0.15, -0.1) is 0 Å². The Kier molecular flexibility index (Phi) is 5.89. The highest BCUT2D eigenvalue weighted by Crippen LogP contribution is 2.13. The summed E-state index contributed by atoms with van der Waals surface area (Å²) in [7, 11) is 3.37. The number of carbonyl (C=O) groups excluding carboxylic acids is 3. The molecular formula is C19H21N3O3. The maximum atomic E-state index is 12.1. The van der Waals surface area contributed by atoms with Crippen molar-refractivity contribution in [3.8, 4) is 0 Å². The van der Waals surface area contributed by atoms with Crippen LogP contribution >= 0.6 is 0 Å². The monoisotopic (exact) mass is 339 g/mol. The van der Waals surface area contributed by atoms with Crippen LogP contribution < -0.4 is 10.6 Å². The van der Waals surface area contributed by atoms with Gasteiger partial charge in [0.2, 0.25) is 5.91 Å². The fourth-order valence-corrected chi connectivity index (χ4v) is 2.22. The smallest absolute Gasteiger partial charge is 0.253 e.